The van der Waals surface area contributed by atoms with Gasteiger partial charge in [0.15, 0.2) is 0 Å². The van der Waals surface area contributed by atoms with Crippen LogP contribution < -0.4 is 10.6 Å². The van der Waals surface area contributed by atoms with E-state index in [1.54, 1.807) is 0 Å². The summed E-state index contributed by atoms with van der Waals surface area (Å²) in [6.45, 7) is 9.31. The first kappa shape index (κ1) is 41.8. The van der Waals surface area contributed by atoms with E-state index in [0.717, 1.165) is 82.1 Å². The molecular weight excluding hydrogens is 777 g/mol. The SMILES string of the molecule is COC(=O)N[C@H](C(=O)N1C[C@@]2(CCCCO2)C[C@H]1c1ncc(-c2ccc(-c3ccc4c(ccc5[nH]c([C@@H]6CCCN6C(=O)[C@@H](NC(=O)OC)C(C)C)nc54)c3)cc2)[nH]1)C(C)C. The number of nitrogens with one attached hydrogen (secondary N) is 4. The van der Waals surface area contributed by atoms with Crippen LogP contribution in [-0.4, -0.2) is 105 Å². The Morgan fingerprint density at radius 3 is 2.11 bits per heavy atom. The van der Waals surface area contributed by atoms with Crippen molar-refractivity contribution in [3.63, 3.8) is 0 Å². The summed E-state index contributed by atoms with van der Waals surface area (Å²) < 4.78 is 16.0. The van der Waals surface area contributed by atoms with Crippen LogP contribution in [0.2, 0.25) is 0 Å². The first-order valence-corrected chi connectivity index (χ1v) is 21.4. The smallest absolute Gasteiger partial charge is 0.407 e. The van der Waals surface area contributed by atoms with E-state index in [-0.39, 0.29) is 35.7 Å². The molecule has 0 aliphatic carbocycles. The van der Waals surface area contributed by atoms with Gasteiger partial charge < -0.3 is 44.6 Å². The number of carbonyl (C=O) groups excluding carboxylic acids is 4. The minimum absolute atomic E-state index is 0.115. The Morgan fingerprint density at radius 1 is 0.787 bits per heavy atom. The van der Waals surface area contributed by atoms with Gasteiger partial charge in [0.05, 0.1) is 61.4 Å². The lowest BCUT2D eigenvalue weighted by Crippen LogP contribution is -2.52. The van der Waals surface area contributed by atoms with E-state index in [4.69, 9.17) is 24.2 Å². The number of amides is 4. The second kappa shape index (κ2) is 17.2. The van der Waals surface area contributed by atoms with Crippen molar-refractivity contribution in [3.05, 3.63) is 72.4 Å². The molecule has 1 spiro atoms. The van der Waals surface area contributed by atoms with Gasteiger partial charge >= 0.3 is 12.2 Å². The van der Waals surface area contributed by atoms with Gasteiger partial charge in [0.2, 0.25) is 11.8 Å². The van der Waals surface area contributed by atoms with Gasteiger partial charge in [0.1, 0.15) is 23.7 Å². The molecule has 322 valence electrons. The predicted octanol–water partition coefficient (Wildman–Crippen LogP) is 7.41. The molecule has 5 heterocycles. The second-order valence-corrected chi connectivity index (χ2v) is 17.4. The lowest BCUT2D eigenvalue weighted by atomic mass is 9.91. The van der Waals surface area contributed by atoms with Crippen molar-refractivity contribution in [1.29, 1.82) is 0 Å². The molecule has 3 saturated heterocycles. The fourth-order valence-corrected chi connectivity index (χ4v) is 9.34. The van der Waals surface area contributed by atoms with E-state index in [9.17, 15) is 19.2 Å². The van der Waals surface area contributed by atoms with Crippen LogP contribution in [0.3, 0.4) is 0 Å². The highest BCUT2D eigenvalue weighted by atomic mass is 16.5. The van der Waals surface area contributed by atoms with Crippen molar-refractivity contribution >= 4 is 45.8 Å². The van der Waals surface area contributed by atoms with Crippen molar-refractivity contribution in [3.8, 4) is 22.4 Å². The van der Waals surface area contributed by atoms with Gasteiger partial charge in [0, 0.05) is 25.0 Å². The van der Waals surface area contributed by atoms with Crippen LogP contribution in [0.1, 0.15) is 90.0 Å². The van der Waals surface area contributed by atoms with Crippen molar-refractivity contribution in [2.45, 2.75) is 96.0 Å². The van der Waals surface area contributed by atoms with Crippen LogP contribution >= 0.6 is 0 Å². The van der Waals surface area contributed by atoms with Crippen molar-refractivity contribution in [2.24, 2.45) is 11.8 Å². The Labute approximate surface area is 355 Å². The standard InChI is InChI=1S/C46H56N8O7/c1-26(2)37(51-44(57)59-5)42(55)53-20-9-10-35(53)41-48-33-18-16-31-22-30(15-17-32(31)39(33)50-41)28-11-13-29(14-12-28)34-24-47-40(49-34)36-23-46(19-7-8-21-61-46)25-54(36)43(56)38(27(3)4)52-45(58)60-6/h11-18,22,24,26-27,35-38H,7-10,19-21,23,25H2,1-6H3,(H,47,49)(H,48,50)(H,51,57)(H,52,58)/t35-,36-,37-,38-,46+/m0/s1. The third-order valence-electron chi connectivity index (χ3n) is 12.7. The van der Waals surface area contributed by atoms with Crippen LogP contribution in [0.5, 0.6) is 0 Å². The Balaban J connectivity index is 1.01. The molecule has 3 aliphatic heterocycles. The zero-order valence-electron chi connectivity index (χ0n) is 35.7. The molecule has 5 atom stereocenters. The molecule has 0 radical (unpaired) electrons. The third kappa shape index (κ3) is 8.27. The molecule has 0 saturated carbocycles. The molecule has 3 fully saturated rings. The zero-order chi connectivity index (χ0) is 43.0. The lowest BCUT2D eigenvalue weighted by Gasteiger charge is -2.34. The van der Waals surface area contributed by atoms with Gasteiger partial charge in [-0.05, 0) is 78.1 Å². The highest BCUT2D eigenvalue weighted by Gasteiger charge is 2.50. The number of aromatic amines is 2. The number of benzene rings is 3. The maximum absolute atomic E-state index is 14.1. The van der Waals surface area contributed by atoms with Gasteiger partial charge in [-0.15, -0.1) is 0 Å². The largest absolute Gasteiger partial charge is 0.453 e. The van der Waals surface area contributed by atoms with Crippen LogP contribution in [-0.2, 0) is 23.8 Å². The molecule has 15 heteroatoms. The van der Waals surface area contributed by atoms with E-state index in [2.05, 4.69) is 69.1 Å². The van der Waals surface area contributed by atoms with E-state index in [0.29, 0.717) is 31.9 Å². The van der Waals surface area contributed by atoms with E-state index in [1.807, 2.05) is 49.8 Å². The molecular formula is C46H56N8O7. The minimum Gasteiger partial charge on any atom is -0.453 e. The molecule has 15 nitrogen and oxygen atoms in total. The molecule has 4 N–H and O–H groups in total. The summed E-state index contributed by atoms with van der Waals surface area (Å²) in [5, 5.41) is 7.52. The fourth-order valence-electron chi connectivity index (χ4n) is 9.34. The predicted molar refractivity (Wildman–Crippen MR) is 230 cm³/mol. The van der Waals surface area contributed by atoms with Crippen LogP contribution in [0.4, 0.5) is 9.59 Å². The van der Waals surface area contributed by atoms with Crippen LogP contribution in [0.25, 0.3) is 44.2 Å². The highest BCUT2D eigenvalue weighted by molar-refractivity contribution is 6.05. The first-order chi connectivity index (χ1) is 29.4. The van der Waals surface area contributed by atoms with Crippen LogP contribution in [0, 0.1) is 11.8 Å². The Hall–Kier alpha value is -5.96. The molecule has 0 bridgehead atoms. The fraction of sp³-hybridized carbons (Fsp3) is 0.478. The summed E-state index contributed by atoms with van der Waals surface area (Å²) in [4.78, 5) is 72.7. The zero-order valence-corrected chi connectivity index (χ0v) is 35.7. The topological polar surface area (TPSA) is 184 Å². The van der Waals surface area contributed by atoms with E-state index < -0.39 is 29.9 Å². The maximum Gasteiger partial charge on any atom is 0.407 e. The quantitative estimate of drug-likeness (QED) is 0.111. The number of hydrogen-bond donors (Lipinski definition) is 4. The number of nitrogens with zero attached hydrogens (tertiary/aromatic N) is 4. The molecule has 61 heavy (non-hydrogen) atoms. The Morgan fingerprint density at radius 2 is 1.46 bits per heavy atom. The van der Waals surface area contributed by atoms with Crippen molar-refractivity contribution in [2.75, 3.05) is 33.9 Å². The number of likely N-dealkylation sites (tertiary alicyclic amines) is 2. The summed E-state index contributed by atoms with van der Waals surface area (Å²) in [5.41, 5.74) is 5.20. The highest BCUT2D eigenvalue weighted by Crippen LogP contribution is 2.44. The molecule has 0 unspecified atom stereocenters. The van der Waals surface area contributed by atoms with Gasteiger partial charge in [-0.25, -0.2) is 19.6 Å². The molecule has 3 aromatic carbocycles. The number of aromatic nitrogens is 4. The number of hydrogen-bond acceptors (Lipinski definition) is 9. The number of H-pyrrole nitrogens is 2. The van der Waals surface area contributed by atoms with Gasteiger partial charge in [-0.2, -0.15) is 0 Å². The number of rotatable bonds is 10. The summed E-state index contributed by atoms with van der Waals surface area (Å²) in [5.74, 6) is 0.830. The minimum atomic E-state index is -0.754. The molecule has 4 amide bonds. The van der Waals surface area contributed by atoms with Crippen LogP contribution in [0.15, 0.2) is 60.8 Å². The second-order valence-electron chi connectivity index (χ2n) is 17.4. The number of alkyl carbamates (subject to hydrolysis) is 2. The number of methoxy groups -OCH3 is 2. The average Bonchev–Trinajstić information content (AvgIpc) is 4.10. The molecule has 5 aromatic rings. The number of ether oxygens (including phenoxy) is 3. The van der Waals surface area contributed by atoms with Crippen molar-refractivity contribution < 1.29 is 33.4 Å². The van der Waals surface area contributed by atoms with Gasteiger partial charge in [-0.1, -0.05) is 70.2 Å². The number of carbonyl (C=O) groups is 4. The van der Waals surface area contributed by atoms with E-state index in [1.165, 1.54) is 14.2 Å². The molecule has 3 aliphatic rings. The van der Waals surface area contributed by atoms with Gasteiger partial charge in [-0.3, -0.25) is 9.59 Å². The lowest BCUT2D eigenvalue weighted by molar-refractivity contribution is -0.137. The molecule has 2 aromatic heterocycles. The van der Waals surface area contributed by atoms with Gasteiger partial charge in [0.25, 0.3) is 0 Å². The summed E-state index contributed by atoms with van der Waals surface area (Å²) in [6, 6.07) is 16.8. The number of imidazole rings is 2. The third-order valence-corrected chi connectivity index (χ3v) is 12.7. The normalized spacial score (nSPS) is 21.4. The summed E-state index contributed by atoms with van der Waals surface area (Å²) in [6.07, 6.45) is 5.67. The monoisotopic (exact) mass is 832 g/mol. The summed E-state index contributed by atoms with van der Waals surface area (Å²) >= 11 is 0. The maximum atomic E-state index is 14.1. The number of fused-ring (bicyclic) bond motifs is 3. The first-order valence-electron chi connectivity index (χ1n) is 21.4. The average molecular weight is 833 g/mol. The summed E-state index contributed by atoms with van der Waals surface area (Å²) in [7, 11) is 2.59. The molecule has 8 rings (SSSR count). The Bertz CT molecular complexity index is 2420. The van der Waals surface area contributed by atoms with Crippen molar-refractivity contribution in [1.82, 2.24) is 40.4 Å². The Kier molecular flexibility index (Phi) is 11.8. The van der Waals surface area contributed by atoms with E-state index >= 15 is 0 Å².